The number of carbonyl (C=O) groups is 5. The van der Waals surface area contributed by atoms with Crippen LogP contribution in [0, 0.1) is 5.92 Å². The van der Waals surface area contributed by atoms with Gasteiger partial charge in [0.05, 0.1) is 12.5 Å². The molecule has 2 aromatic rings. The first-order valence-electron chi connectivity index (χ1n) is 11.4. The summed E-state index contributed by atoms with van der Waals surface area (Å²) >= 11 is 0. The lowest BCUT2D eigenvalue weighted by Gasteiger charge is -2.49. The molecule has 0 spiro atoms. The molecule has 0 bridgehead atoms. The number of benzene rings is 2. The van der Waals surface area contributed by atoms with Crippen LogP contribution in [0.15, 0.2) is 60.7 Å². The smallest absolute Gasteiger partial charge is 0.305 e. The average molecular weight is 480 g/mol. The lowest BCUT2D eigenvalue weighted by atomic mass is 9.80. The first kappa shape index (κ1) is 25.6. The summed E-state index contributed by atoms with van der Waals surface area (Å²) in [5, 5.41) is 14.2. The third-order valence-electron chi connectivity index (χ3n) is 6.03. The fourth-order valence-corrected chi connectivity index (χ4v) is 4.14. The van der Waals surface area contributed by atoms with Gasteiger partial charge in [0.25, 0.3) is 5.91 Å². The summed E-state index contributed by atoms with van der Waals surface area (Å²) in [6.45, 7) is 3.84. The Morgan fingerprint density at radius 1 is 1.00 bits per heavy atom. The van der Waals surface area contributed by atoms with Gasteiger partial charge in [-0.3, -0.25) is 19.2 Å². The summed E-state index contributed by atoms with van der Waals surface area (Å²) in [6.07, 6.45) is -0.195. The molecule has 1 fully saturated rings. The number of nitrogens with zero attached hydrogens (tertiary/aromatic N) is 1. The summed E-state index contributed by atoms with van der Waals surface area (Å²) in [4.78, 5) is 63.1. The highest BCUT2D eigenvalue weighted by molar-refractivity contribution is 5.99. The average Bonchev–Trinajstić information content (AvgIpc) is 2.81. The first-order valence-corrected chi connectivity index (χ1v) is 11.4. The standard InChI is InChI=1S/C26H29N3O6/c1-16(2)22(28-24(33)18-11-7-4-8-12-18)26(35)29-14-20(17-9-5-3-6-10-17)23(29)25(34)27-19(15-30)13-21(31)32/h3-12,15-16,19-20,22-23H,13-14H2,1-2H3,(H,27,34)(H,28,33)(H,31,32)/t19-,20+,22-,23?/m0/s1. The number of carbonyl (C=O) groups excluding carboxylic acids is 4. The van der Waals surface area contributed by atoms with Crippen molar-refractivity contribution in [2.75, 3.05) is 6.54 Å². The number of amides is 3. The Morgan fingerprint density at radius 3 is 2.14 bits per heavy atom. The van der Waals surface area contributed by atoms with Gasteiger partial charge in [-0.15, -0.1) is 0 Å². The van der Waals surface area contributed by atoms with Crippen molar-refractivity contribution < 1.29 is 29.1 Å². The summed E-state index contributed by atoms with van der Waals surface area (Å²) in [6, 6.07) is 14.7. The van der Waals surface area contributed by atoms with Gasteiger partial charge in [-0.2, -0.15) is 0 Å². The van der Waals surface area contributed by atoms with Gasteiger partial charge in [0, 0.05) is 18.0 Å². The lowest BCUT2D eigenvalue weighted by molar-refractivity contribution is -0.152. The van der Waals surface area contributed by atoms with Crippen molar-refractivity contribution >= 4 is 30.0 Å². The Bertz CT molecular complexity index is 1070. The van der Waals surface area contributed by atoms with Crippen LogP contribution in [-0.4, -0.2) is 64.7 Å². The molecule has 9 heteroatoms. The van der Waals surface area contributed by atoms with Crippen LogP contribution in [-0.2, 0) is 19.2 Å². The highest BCUT2D eigenvalue weighted by Gasteiger charge is 2.49. The van der Waals surface area contributed by atoms with Gasteiger partial charge >= 0.3 is 5.97 Å². The minimum atomic E-state index is -1.23. The number of carboxylic acids is 1. The molecule has 0 aromatic heterocycles. The molecule has 0 saturated carbocycles. The molecule has 1 aliphatic heterocycles. The molecule has 1 aliphatic rings. The van der Waals surface area contributed by atoms with E-state index in [0.717, 1.165) is 5.56 Å². The molecule has 3 amide bonds. The van der Waals surface area contributed by atoms with Crippen LogP contribution in [0.2, 0.25) is 0 Å². The largest absolute Gasteiger partial charge is 0.481 e. The highest BCUT2D eigenvalue weighted by Crippen LogP contribution is 2.35. The van der Waals surface area contributed by atoms with Crippen molar-refractivity contribution in [3.05, 3.63) is 71.8 Å². The third-order valence-corrected chi connectivity index (χ3v) is 6.03. The van der Waals surface area contributed by atoms with E-state index in [2.05, 4.69) is 10.6 Å². The summed E-state index contributed by atoms with van der Waals surface area (Å²) in [7, 11) is 0. The van der Waals surface area contributed by atoms with Crippen molar-refractivity contribution in [1.29, 1.82) is 0 Å². The minimum absolute atomic E-state index is 0.246. The highest BCUT2D eigenvalue weighted by atomic mass is 16.4. The summed E-state index contributed by atoms with van der Waals surface area (Å²) in [5.74, 6) is -3.26. The fraction of sp³-hybridized carbons (Fsp3) is 0.346. The van der Waals surface area contributed by atoms with Crippen LogP contribution in [0.4, 0.5) is 0 Å². The molecule has 0 aliphatic carbocycles. The molecule has 4 atom stereocenters. The van der Waals surface area contributed by atoms with E-state index in [9.17, 15) is 24.0 Å². The Kier molecular flexibility index (Phi) is 8.35. The minimum Gasteiger partial charge on any atom is -0.481 e. The second kappa shape index (κ2) is 11.4. The van der Waals surface area contributed by atoms with E-state index in [4.69, 9.17) is 5.11 Å². The maximum Gasteiger partial charge on any atom is 0.305 e. The maximum absolute atomic E-state index is 13.5. The molecule has 2 aromatic carbocycles. The third kappa shape index (κ3) is 6.11. The van der Waals surface area contributed by atoms with Gasteiger partial charge in [0.15, 0.2) is 0 Å². The van der Waals surface area contributed by atoms with E-state index < -0.39 is 48.2 Å². The van der Waals surface area contributed by atoms with Gasteiger partial charge in [0.1, 0.15) is 18.4 Å². The number of rotatable bonds is 10. The van der Waals surface area contributed by atoms with Gasteiger partial charge in [-0.05, 0) is 23.6 Å². The maximum atomic E-state index is 13.5. The van der Waals surface area contributed by atoms with Gasteiger partial charge in [-0.1, -0.05) is 62.4 Å². The Labute approximate surface area is 203 Å². The molecule has 3 N–H and O–H groups in total. The quantitative estimate of drug-likeness (QED) is 0.444. The van der Waals surface area contributed by atoms with Crippen molar-refractivity contribution in [2.45, 2.75) is 44.3 Å². The van der Waals surface area contributed by atoms with Gasteiger partial charge in [-0.25, -0.2) is 0 Å². The molecule has 9 nitrogen and oxygen atoms in total. The van der Waals surface area contributed by atoms with Crippen LogP contribution in [0.25, 0.3) is 0 Å². The Morgan fingerprint density at radius 2 is 1.60 bits per heavy atom. The zero-order chi connectivity index (χ0) is 25.5. The van der Waals surface area contributed by atoms with Crippen molar-refractivity contribution in [3.8, 4) is 0 Å². The van der Waals surface area contributed by atoms with Gasteiger partial charge in [0.2, 0.25) is 11.8 Å². The number of hydrogen-bond acceptors (Lipinski definition) is 5. The normalized spacial score (nSPS) is 18.7. The lowest BCUT2D eigenvalue weighted by Crippen LogP contribution is -2.67. The molecule has 1 heterocycles. The predicted molar refractivity (Wildman–Crippen MR) is 127 cm³/mol. The number of aliphatic carboxylic acids is 1. The molecule has 1 unspecified atom stereocenters. The molecule has 1 saturated heterocycles. The van der Waals surface area contributed by atoms with E-state index in [1.807, 2.05) is 30.3 Å². The monoisotopic (exact) mass is 479 g/mol. The molecule has 3 rings (SSSR count). The SMILES string of the molecule is CC(C)[C@H](NC(=O)c1ccccc1)C(=O)N1C[C@H](c2ccccc2)C1C(=O)N[C@H](C=O)CC(=O)O. The molecule has 35 heavy (non-hydrogen) atoms. The van der Waals surface area contributed by atoms with E-state index in [1.54, 1.807) is 44.2 Å². The predicted octanol–water partition coefficient (Wildman–Crippen LogP) is 1.59. The topological polar surface area (TPSA) is 133 Å². The zero-order valence-electron chi connectivity index (χ0n) is 19.6. The van der Waals surface area contributed by atoms with Crippen LogP contribution >= 0.6 is 0 Å². The van der Waals surface area contributed by atoms with E-state index >= 15 is 0 Å². The Hall–Kier alpha value is -4.01. The second-order valence-corrected chi connectivity index (χ2v) is 8.86. The molecular weight excluding hydrogens is 450 g/mol. The number of aldehydes is 1. The second-order valence-electron chi connectivity index (χ2n) is 8.86. The van der Waals surface area contributed by atoms with Crippen molar-refractivity contribution in [3.63, 3.8) is 0 Å². The van der Waals surface area contributed by atoms with Crippen molar-refractivity contribution in [2.24, 2.45) is 5.92 Å². The van der Waals surface area contributed by atoms with Crippen LogP contribution in [0.1, 0.15) is 42.1 Å². The number of likely N-dealkylation sites (tertiary alicyclic amines) is 1. The van der Waals surface area contributed by atoms with Gasteiger partial charge < -0.3 is 25.4 Å². The summed E-state index contributed by atoms with van der Waals surface area (Å²) < 4.78 is 0. The first-order chi connectivity index (χ1) is 16.7. The van der Waals surface area contributed by atoms with Crippen LogP contribution < -0.4 is 10.6 Å². The summed E-state index contributed by atoms with van der Waals surface area (Å²) in [5.41, 5.74) is 1.25. The number of nitrogens with one attached hydrogen (secondary N) is 2. The van der Waals surface area contributed by atoms with Crippen LogP contribution in [0.3, 0.4) is 0 Å². The van der Waals surface area contributed by atoms with E-state index in [-0.39, 0.29) is 18.4 Å². The zero-order valence-corrected chi connectivity index (χ0v) is 19.6. The fourth-order valence-electron chi connectivity index (χ4n) is 4.14. The van der Waals surface area contributed by atoms with E-state index in [0.29, 0.717) is 11.8 Å². The van der Waals surface area contributed by atoms with Crippen LogP contribution in [0.5, 0.6) is 0 Å². The van der Waals surface area contributed by atoms with Crippen molar-refractivity contribution in [1.82, 2.24) is 15.5 Å². The molecular formula is C26H29N3O6. The molecule has 0 radical (unpaired) electrons. The molecule has 184 valence electrons. The Balaban J connectivity index is 1.83. The van der Waals surface area contributed by atoms with E-state index in [1.165, 1.54) is 4.90 Å². The number of hydrogen-bond donors (Lipinski definition) is 3. The number of carboxylic acid groups (broad SMARTS) is 1.